The van der Waals surface area contributed by atoms with Gasteiger partial charge in [-0.05, 0) is 35.7 Å². The summed E-state index contributed by atoms with van der Waals surface area (Å²) in [7, 11) is 0. The fourth-order valence-corrected chi connectivity index (χ4v) is 2.25. The van der Waals surface area contributed by atoms with Gasteiger partial charge >= 0.3 is 0 Å². The molecule has 0 bridgehead atoms. The van der Waals surface area contributed by atoms with Crippen molar-refractivity contribution in [3.8, 4) is 0 Å². The Morgan fingerprint density at radius 3 is 2.61 bits per heavy atom. The van der Waals surface area contributed by atoms with Crippen LogP contribution in [0.1, 0.15) is 16.7 Å². The summed E-state index contributed by atoms with van der Waals surface area (Å²) in [4.78, 5) is 0. The van der Waals surface area contributed by atoms with E-state index < -0.39 is 0 Å². The number of hydrogen-bond donors (Lipinski definition) is 1. The van der Waals surface area contributed by atoms with Crippen molar-refractivity contribution in [2.24, 2.45) is 0 Å². The summed E-state index contributed by atoms with van der Waals surface area (Å²) >= 11 is 9.61. The number of rotatable bonds is 4. The molecule has 2 aromatic carbocycles. The van der Waals surface area contributed by atoms with Crippen LogP contribution in [-0.2, 0) is 13.1 Å². The maximum atomic E-state index is 6.11. The van der Waals surface area contributed by atoms with Gasteiger partial charge in [0.15, 0.2) is 0 Å². The second-order valence-corrected chi connectivity index (χ2v) is 5.54. The lowest BCUT2D eigenvalue weighted by Gasteiger charge is -2.08. The van der Waals surface area contributed by atoms with Gasteiger partial charge in [-0.2, -0.15) is 0 Å². The fourth-order valence-electron chi connectivity index (χ4n) is 1.80. The summed E-state index contributed by atoms with van der Waals surface area (Å²) in [5.41, 5.74) is 3.67. The summed E-state index contributed by atoms with van der Waals surface area (Å²) in [6.45, 7) is 3.73. The van der Waals surface area contributed by atoms with E-state index in [1.165, 1.54) is 11.1 Å². The van der Waals surface area contributed by atoms with Crippen LogP contribution in [0.3, 0.4) is 0 Å². The lowest BCUT2D eigenvalue weighted by molar-refractivity contribution is 0.693. The second kappa shape index (κ2) is 6.37. The van der Waals surface area contributed by atoms with Gasteiger partial charge in [0.25, 0.3) is 0 Å². The van der Waals surface area contributed by atoms with E-state index in [1.54, 1.807) is 0 Å². The van der Waals surface area contributed by atoms with Gasteiger partial charge in [-0.25, -0.2) is 0 Å². The van der Waals surface area contributed by atoms with Crippen molar-refractivity contribution in [2.75, 3.05) is 0 Å². The van der Waals surface area contributed by atoms with E-state index in [2.05, 4.69) is 46.4 Å². The third kappa shape index (κ3) is 3.58. The van der Waals surface area contributed by atoms with E-state index in [-0.39, 0.29) is 0 Å². The average molecular weight is 325 g/mol. The Bertz CT molecular complexity index is 540. The zero-order valence-electron chi connectivity index (χ0n) is 10.2. The van der Waals surface area contributed by atoms with E-state index >= 15 is 0 Å². The highest BCUT2D eigenvalue weighted by atomic mass is 79.9. The van der Waals surface area contributed by atoms with Gasteiger partial charge in [0.1, 0.15) is 0 Å². The second-order valence-electron chi connectivity index (χ2n) is 4.28. The first-order valence-electron chi connectivity index (χ1n) is 5.86. The predicted octanol–water partition coefficient (Wildman–Crippen LogP) is 4.70. The number of benzene rings is 2. The molecule has 2 rings (SSSR count). The quantitative estimate of drug-likeness (QED) is 0.859. The Labute approximate surface area is 121 Å². The summed E-state index contributed by atoms with van der Waals surface area (Å²) in [6, 6.07) is 14.3. The molecule has 0 aromatic heterocycles. The van der Waals surface area contributed by atoms with Crippen molar-refractivity contribution in [3.05, 3.63) is 68.7 Å². The predicted molar refractivity (Wildman–Crippen MR) is 80.9 cm³/mol. The topological polar surface area (TPSA) is 12.0 Å². The molecule has 0 radical (unpaired) electrons. The molecule has 0 aliphatic carbocycles. The summed E-state index contributed by atoms with van der Waals surface area (Å²) < 4.78 is 1.15. The Hall–Kier alpha value is -0.830. The molecule has 0 saturated carbocycles. The minimum Gasteiger partial charge on any atom is -0.309 e. The largest absolute Gasteiger partial charge is 0.309 e. The molecule has 2 aromatic rings. The molecule has 3 heteroatoms. The maximum absolute atomic E-state index is 6.11. The van der Waals surface area contributed by atoms with Crippen molar-refractivity contribution < 1.29 is 0 Å². The summed E-state index contributed by atoms with van der Waals surface area (Å²) in [5, 5.41) is 4.22. The number of hydrogen-bond acceptors (Lipinski definition) is 1. The maximum Gasteiger partial charge on any atom is 0.0450 e. The zero-order valence-corrected chi connectivity index (χ0v) is 12.6. The molecular weight excluding hydrogens is 310 g/mol. The molecule has 0 aliphatic heterocycles. The molecule has 0 atom stereocenters. The monoisotopic (exact) mass is 323 g/mol. The van der Waals surface area contributed by atoms with Crippen LogP contribution in [0.4, 0.5) is 0 Å². The van der Waals surface area contributed by atoms with Crippen LogP contribution in [0.5, 0.6) is 0 Å². The van der Waals surface area contributed by atoms with Crippen LogP contribution < -0.4 is 5.32 Å². The first-order chi connectivity index (χ1) is 8.66. The van der Waals surface area contributed by atoms with E-state index in [1.807, 2.05) is 24.3 Å². The minimum atomic E-state index is 0.786. The van der Waals surface area contributed by atoms with Gasteiger partial charge in [-0.1, -0.05) is 57.9 Å². The normalized spacial score (nSPS) is 10.6. The van der Waals surface area contributed by atoms with Crippen molar-refractivity contribution in [3.63, 3.8) is 0 Å². The molecule has 1 N–H and O–H groups in total. The van der Waals surface area contributed by atoms with Crippen molar-refractivity contribution in [2.45, 2.75) is 20.0 Å². The van der Waals surface area contributed by atoms with Gasteiger partial charge in [-0.3, -0.25) is 0 Å². The molecule has 0 saturated heterocycles. The average Bonchev–Trinajstić information content (AvgIpc) is 2.36. The molecule has 0 aliphatic rings. The van der Waals surface area contributed by atoms with Crippen molar-refractivity contribution >= 4 is 27.5 Å². The van der Waals surface area contributed by atoms with Crippen molar-refractivity contribution in [1.82, 2.24) is 5.32 Å². The smallest absolute Gasteiger partial charge is 0.0450 e. The molecular formula is C15H15BrClN. The molecule has 0 heterocycles. The summed E-state index contributed by atoms with van der Waals surface area (Å²) in [5.74, 6) is 0. The van der Waals surface area contributed by atoms with Gasteiger partial charge < -0.3 is 5.32 Å². The third-order valence-electron chi connectivity index (χ3n) is 2.82. The molecule has 94 valence electrons. The first-order valence-corrected chi connectivity index (χ1v) is 7.03. The summed E-state index contributed by atoms with van der Waals surface area (Å²) in [6.07, 6.45) is 0. The van der Waals surface area contributed by atoms with Gasteiger partial charge in [0.05, 0.1) is 0 Å². The highest BCUT2D eigenvalue weighted by Crippen LogP contribution is 2.17. The molecule has 18 heavy (non-hydrogen) atoms. The van der Waals surface area contributed by atoms with Crippen LogP contribution in [0.2, 0.25) is 5.02 Å². The van der Waals surface area contributed by atoms with Gasteiger partial charge in [0.2, 0.25) is 0 Å². The van der Waals surface area contributed by atoms with Crippen LogP contribution in [0.15, 0.2) is 46.9 Å². The number of halogens is 2. The molecule has 0 spiro atoms. The standard InChI is InChI=1S/C15H15BrClN/c1-11-8-12(6-7-14(11)16)9-18-10-13-4-2-3-5-15(13)17/h2-8,18H,9-10H2,1H3. The molecule has 0 fully saturated rings. The third-order valence-corrected chi connectivity index (χ3v) is 4.08. The Kier molecular flexibility index (Phi) is 4.81. The lowest BCUT2D eigenvalue weighted by atomic mass is 10.1. The van der Waals surface area contributed by atoms with E-state index in [9.17, 15) is 0 Å². The lowest BCUT2D eigenvalue weighted by Crippen LogP contribution is -2.13. The van der Waals surface area contributed by atoms with Crippen LogP contribution in [0, 0.1) is 6.92 Å². The van der Waals surface area contributed by atoms with Gasteiger partial charge in [-0.15, -0.1) is 0 Å². The first kappa shape index (κ1) is 13.6. The minimum absolute atomic E-state index is 0.786. The Morgan fingerprint density at radius 2 is 1.89 bits per heavy atom. The Balaban J connectivity index is 1.92. The SMILES string of the molecule is Cc1cc(CNCc2ccccc2Cl)ccc1Br. The molecule has 0 unspecified atom stereocenters. The van der Waals surface area contributed by atoms with Crippen LogP contribution >= 0.6 is 27.5 Å². The van der Waals surface area contributed by atoms with Crippen LogP contribution in [0.25, 0.3) is 0 Å². The Morgan fingerprint density at radius 1 is 1.11 bits per heavy atom. The van der Waals surface area contributed by atoms with E-state index in [0.29, 0.717) is 0 Å². The highest BCUT2D eigenvalue weighted by molar-refractivity contribution is 9.10. The molecule has 1 nitrogen and oxygen atoms in total. The van der Waals surface area contributed by atoms with E-state index in [0.717, 1.165) is 28.1 Å². The van der Waals surface area contributed by atoms with Gasteiger partial charge in [0, 0.05) is 22.6 Å². The van der Waals surface area contributed by atoms with Crippen molar-refractivity contribution in [1.29, 1.82) is 0 Å². The fraction of sp³-hybridized carbons (Fsp3) is 0.200. The zero-order chi connectivity index (χ0) is 13.0. The number of nitrogens with one attached hydrogen (secondary N) is 1. The molecule has 0 amide bonds. The van der Waals surface area contributed by atoms with Crippen LogP contribution in [-0.4, -0.2) is 0 Å². The van der Waals surface area contributed by atoms with E-state index in [4.69, 9.17) is 11.6 Å². The number of aryl methyl sites for hydroxylation is 1. The highest BCUT2D eigenvalue weighted by Gasteiger charge is 2.00.